The highest BCUT2D eigenvalue weighted by molar-refractivity contribution is 7.09. The van der Waals surface area contributed by atoms with Crippen LogP contribution in [0.3, 0.4) is 0 Å². The van der Waals surface area contributed by atoms with Crippen molar-refractivity contribution in [2.45, 2.75) is 12.8 Å². The summed E-state index contributed by atoms with van der Waals surface area (Å²) in [5, 5.41) is 3.51. The second-order valence-corrected chi connectivity index (χ2v) is 7.54. The number of nitrogens with zero attached hydrogens (tertiary/aromatic N) is 3. The molecule has 0 saturated carbocycles. The highest BCUT2D eigenvalue weighted by Crippen LogP contribution is 2.21. The van der Waals surface area contributed by atoms with E-state index in [9.17, 15) is 9.18 Å². The summed E-state index contributed by atoms with van der Waals surface area (Å²) in [5.41, 5.74) is 1.62. The number of ether oxygens (including phenoxy) is 2. The Kier molecular flexibility index (Phi) is 8.31. The minimum atomic E-state index is -0.343. The number of benzene rings is 2. The Morgan fingerprint density at radius 3 is 2.71 bits per heavy atom. The summed E-state index contributed by atoms with van der Waals surface area (Å²) >= 11 is 1.30. The fourth-order valence-corrected chi connectivity index (χ4v) is 3.64. The van der Waals surface area contributed by atoms with Gasteiger partial charge in [-0.2, -0.15) is 4.37 Å². The zero-order chi connectivity index (χ0) is 22.1. The van der Waals surface area contributed by atoms with E-state index in [2.05, 4.69) is 14.7 Å². The zero-order valence-corrected chi connectivity index (χ0v) is 18.3. The molecule has 0 saturated heterocycles. The third kappa shape index (κ3) is 7.01. The van der Waals surface area contributed by atoms with Crippen molar-refractivity contribution in [2.75, 3.05) is 44.1 Å². The standard InChI is InChI=1S/C22H25FN4O3S/c1-29-13-12-27(11-10-21(28)24-18-8-6-17(23)7-9-18)22-25-20(26-31-22)15-16-4-3-5-19(14-16)30-2/h3-9,14H,10-13,15H2,1-2H3,(H,24,28). The van der Waals surface area contributed by atoms with Crippen LogP contribution < -0.4 is 15.0 Å². The monoisotopic (exact) mass is 444 g/mol. The van der Waals surface area contributed by atoms with Crippen LogP contribution in [0.15, 0.2) is 48.5 Å². The molecule has 31 heavy (non-hydrogen) atoms. The van der Waals surface area contributed by atoms with Crippen molar-refractivity contribution in [3.8, 4) is 5.75 Å². The highest BCUT2D eigenvalue weighted by atomic mass is 32.1. The lowest BCUT2D eigenvalue weighted by molar-refractivity contribution is -0.116. The van der Waals surface area contributed by atoms with E-state index in [-0.39, 0.29) is 18.1 Å². The number of amides is 1. The molecular formula is C22H25FN4O3S. The molecule has 0 atom stereocenters. The fourth-order valence-electron chi connectivity index (χ4n) is 2.91. The average Bonchev–Trinajstić information content (AvgIpc) is 3.23. The third-order valence-electron chi connectivity index (χ3n) is 4.53. The van der Waals surface area contributed by atoms with Crippen molar-refractivity contribution in [1.29, 1.82) is 0 Å². The maximum Gasteiger partial charge on any atom is 0.226 e. The molecule has 1 heterocycles. The smallest absolute Gasteiger partial charge is 0.226 e. The van der Waals surface area contributed by atoms with Gasteiger partial charge < -0.3 is 19.7 Å². The molecule has 3 aromatic rings. The van der Waals surface area contributed by atoms with Gasteiger partial charge in [-0.25, -0.2) is 9.37 Å². The quantitative estimate of drug-likeness (QED) is 0.485. The Bertz CT molecular complexity index is 981. The van der Waals surface area contributed by atoms with E-state index in [0.29, 0.717) is 37.6 Å². The number of methoxy groups -OCH3 is 2. The first-order valence-corrected chi connectivity index (χ1v) is 10.6. The van der Waals surface area contributed by atoms with Crippen molar-refractivity contribution < 1.29 is 18.7 Å². The lowest BCUT2D eigenvalue weighted by Gasteiger charge is -2.20. The van der Waals surface area contributed by atoms with Crippen molar-refractivity contribution >= 4 is 28.3 Å². The first kappa shape index (κ1) is 22.6. The molecule has 0 spiro atoms. The largest absolute Gasteiger partial charge is 0.497 e. The number of hydrogen-bond acceptors (Lipinski definition) is 7. The third-order valence-corrected chi connectivity index (χ3v) is 5.34. The number of rotatable bonds is 11. The molecule has 0 aliphatic rings. The summed E-state index contributed by atoms with van der Waals surface area (Å²) < 4.78 is 27.9. The van der Waals surface area contributed by atoms with Gasteiger partial charge in [0.1, 0.15) is 17.4 Å². The number of anilines is 2. The maximum atomic E-state index is 13.0. The summed E-state index contributed by atoms with van der Waals surface area (Å²) in [4.78, 5) is 18.9. The second-order valence-electron chi connectivity index (χ2n) is 6.81. The van der Waals surface area contributed by atoms with Crippen LogP contribution >= 0.6 is 11.5 Å². The van der Waals surface area contributed by atoms with Crippen LogP contribution in [0.5, 0.6) is 5.75 Å². The topological polar surface area (TPSA) is 76.6 Å². The Morgan fingerprint density at radius 1 is 1.16 bits per heavy atom. The van der Waals surface area contributed by atoms with Crippen LogP contribution in [0.1, 0.15) is 17.8 Å². The van der Waals surface area contributed by atoms with E-state index in [1.54, 1.807) is 14.2 Å². The van der Waals surface area contributed by atoms with Gasteiger partial charge in [0, 0.05) is 50.3 Å². The lowest BCUT2D eigenvalue weighted by atomic mass is 10.1. The molecule has 164 valence electrons. The van der Waals surface area contributed by atoms with Crippen molar-refractivity contribution in [3.05, 3.63) is 65.7 Å². The van der Waals surface area contributed by atoms with Crippen LogP contribution in [0, 0.1) is 5.82 Å². The van der Waals surface area contributed by atoms with Crippen LogP contribution in [-0.4, -0.2) is 49.2 Å². The Balaban J connectivity index is 1.60. The molecule has 0 fully saturated rings. The van der Waals surface area contributed by atoms with Crippen LogP contribution in [-0.2, 0) is 16.0 Å². The van der Waals surface area contributed by atoms with Gasteiger partial charge in [-0.1, -0.05) is 12.1 Å². The van der Waals surface area contributed by atoms with Gasteiger partial charge >= 0.3 is 0 Å². The Labute approximate surface area is 185 Å². The Morgan fingerprint density at radius 2 is 1.97 bits per heavy atom. The van der Waals surface area contributed by atoms with E-state index >= 15 is 0 Å². The maximum absolute atomic E-state index is 13.0. The van der Waals surface area contributed by atoms with Gasteiger partial charge in [0.05, 0.1) is 13.7 Å². The SMILES string of the molecule is COCCN(CCC(=O)Nc1ccc(F)cc1)c1nc(Cc2cccc(OC)c2)ns1. The van der Waals surface area contributed by atoms with E-state index in [1.807, 2.05) is 29.2 Å². The summed E-state index contributed by atoms with van der Waals surface area (Å²) in [5.74, 6) is 1.01. The minimum Gasteiger partial charge on any atom is -0.497 e. The number of aromatic nitrogens is 2. The van der Waals surface area contributed by atoms with Crippen molar-refractivity contribution in [2.24, 2.45) is 0 Å². The van der Waals surface area contributed by atoms with Gasteiger partial charge in [-0.05, 0) is 42.0 Å². The molecule has 0 unspecified atom stereocenters. The average molecular weight is 445 g/mol. The molecule has 9 heteroatoms. The van der Waals surface area contributed by atoms with Crippen LogP contribution in [0.25, 0.3) is 0 Å². The molecule has 0 bridgehead atoms. The molecule has 1 N–H and O–H groups in total. The minimum absolute atomic E-state index is 0.157. The number of halogens is 1. The normalized spacial score (nSPS) is 10.7. The summed E-state index contributed by atoms with van der Waals surface area (Å²) in [7, 11) is 3.27. The molecule has 0 aliphatic heterocycles. The predicted molar refractivity (Wildman–Crippen MR) is 119 cm³/mol. The molecule has 0 radical (unpaired) electrons. The highest BCUT2D eigenvalue weighted by Gasteiger charge is 2.15. The van der Waals surface area contributed by atoms with Crippen LogP contribution in [0.2, 0.25) is 0 Å². The van der Waals surface area contributed by atoms with Gasteiger partial charge in [0.15, 0.2) is 0 Å². The fraction of sp³-hybridized carbons (Fsp3) is 0.318. The second kappa shape index (κ2) is 11.4. The van der Waals surface area contributed by atoms with Gasteiger partial charge in [-0.15, -0.1) is 0 Å². The molecule has 1 aromatic heterocycles. The molecule has 3 rings (SSSR count). The van der Waals surface area contributed by atoms with Crippen molar-refractivity contribution in [3.63, 3.8) is 0 Å². The summed E-state index contributed by atoms with van der Waals surface area (Å²) in [6.07, 6.45) is 0.850. The molecule has 7 nitrogen and oxygen atoms in total. The zero-order valence-electron chi connectivity index (χ0n) is 17.5. The number of carbonyl (C=O) groups is 1. The summed E-state index contributed by atoms with van der Waals surface area (Å²) in [6, 6.07) is 13.5. The number of carbonyl (C=O) groups excluding carboxylic acids is 1. The van der Waals surface area contributed by atoms with E-state index in [4.69, 9.17) is 9.47 Å². The van der Waals surface area contributed by atoms with E-state index < -0.39 is 0 Å². The Hall–Kier alpha value is -3.04. The van der Waals surface area contributed by atoms with Gasteiger partial charge in [-0.3, -0.25) is 4.79 Å². The predicted octanol–water partition coefficient (Wildman–Crippen LogP) is 3.76. The lowest BCUT2D eigenvalue weighted by Crippen LogP contribution is -2.30. The molecule has 0 aliphatic carbocycles. The van der Waals surface area contributed by atoms with E-state index in [0.717, 1.165) is 16.4 Å². The first-order chi connectivity index (χ1) is 15.1. The van der Waals surface area contributed by atoms with Crippen molar-refractivity contribution in [1.82, 2.24) is 9.36 Å². The van der Waals surface area contributed by atoms with Gasteiger partial charge in [0.25, 0.3) is 0 Å². The molecular weight excluding hydrogens is 419 g/mol. The number of nitrogens with one attached hydrogen (secondary N) is 1. The number of hydrogen-bond donors (Lipinski definition) is 1. The molecule has 1 amide bonds. The molecule has 2 aromatic carbocycles. The van der Waals surface area contributed by atoms with Crippen LogP contribution in [0.4, 0.5) is 15.2 Å². The van der Waals surface area contributed by atoms with Gasteiger partial charge in [0.2, 0.25) is 11.0 Å². The summed E-state index contributed by atoms with van der Waals surface area (Å²) in [6.45, 7) is 1.56. The first-order valence-electron chi connectivity index (χ1n) is 9.82. The van der Waals surface area contributed by atoms with E-state index in [1.165, 1.54) is 35.8 Å².